The third-order valence-electron chi connectivity index (χ3n) is 5.38. The van der Waals surface area contributed by atoms with Crippen molar-refractivity contribution in [3.05, 3.63) is 89.2 Å². The van der Waals surface area contributed by atoms with Gasteiger partial charge in [-0.25, -0.2) is 0 Å². The van der Waals surface area contributed by atoms with Gasteiger partial charge in [-0.05, 0) is 74.0 Å². The molecule has 0 spiro atoms. The maximum Gasteiger partial charge on any atom is 0.255 e. The molecule has 0 radical (unpaired) electrons. The van der Waals surface area contributed by atoms with Gasteiger partial charge in [0.1, 0.15) is 0 Å². The first-order valence-electron chi connectivity index (χ1n) is 10.2. The van der Waals surface area contributed by atoms with Crippen molar-refractivity contribution >= 4 is 45.3 Å². The predicted molar refractivity (Wildman–Crippen MR) is 130 cm³/mol. The number of nitrogens with two attached hydrogens (primary N) is 1. The first kappa shape index (κ1) is 21.0. The number of benzene rings is 1. The maximum atomic E-state index is 13.1. The minimum absolute atomic E-state index is 0.148. The summed E-state index contributed by atoms with van der Waals surface area (Å²) < 4.78 is 1.71. The number of hydrogen-bond donors (Lipinski definition) is 2. The molecule has 32 heavy (non-hydrogen) atoms. The Hall–Kier alpha value is -4.26. The molecule has 7 heteroatoms. The number of aromatic nitrogens is 2. The summed E-state index contributed by atoms with van der Waals surface area (Å²) in [5, 5.41) is 4.50. The van der Waals surface area contributed by atoms with Gasteiger partial charge in [-0.15, -0.1) is 0 Å². The third-order valence-corrected chi connectivity index (χ3v) is 5.38. The second-order valence-corrected chi connectivity index (χ2v) is 7.46. The Morgan fingerprint density at radius 2 is 2.12 bits per heavy atom. The Balaban J connectivity index is 1.96. The molecule has 160 valence electrons. The standard InChI is InChI=1S/C25H23N5O2/c1-3-23(31)29-22-14-19(8-5-16(22)2)30-24(32)10-6-17-15-28-21-9-7-18(27-12-4-11-26)13-20(21)25(17)30/h3-4,6-7,9-15H,1,5,8,26H2,2H3,(H,29,31). The zero-order valence-corrected chi connectivity index (χ0v) is 17.7. The van der Waals surface area contributed by atoms with E-state index >= 15 is 0 Å². The molecule has 4 rings (SSSR count). The van der Waals surface area contributed by atoms with Crippen LogP contribution in [-0.2, 0) is 4.79 Å². The molecule has 3 N–H and O–H groups in total. The molecule has 3 aromatic rings. The number of carbonyl (C=O) groups is 1. The highest BCUT2D eigenvalue weighted by atomic mass is 16.1. The lowest BCUT2D eigenvalue weighted by molar-refractivity contribution is -0.115. The number of nitrogens with zero attached hydrogens (tertiary/aromatic N) is 3. The highest BCUT2D eigenvalue weighted by molar-refractivity contribution is 6.05. The Morgan fingerprint density at radius 1 is 1.28 bits per heavy atom. The summed E-state index contributed by atoms with van der Waals surface area (Å²) in [6.45, 7) is 5.48. The molecular weight excluding hydrogens is 402 g/mol. The van der Waals surface area contributed by atoms with Gasteiger partial charge < -0.3 is 11.1 Å². The molecule has 0 bridgehead atoms. The Labute approximate surface area is 185 Å². The fourth-order valence-electron chi connectivity index (χ4n) is 3.76. The fraction of sp³-hybridized carbons (Fsp3) is 0.120. The predicted octanol–water partition coefficient (Wildman–Crippen LogP) is 3.94. The molecule has 1 aliphatic carbocycles. The van der Waals surface area contributed by atoms with E-state index in [-0.39, 0.29) is 11.5 Å². The van der Waals surface area contributed by atoms with E-state index in [4.69, 9.17) is 5.73 Å². The van der Waals surface area contributed by atoms with Gasteiger partial charge in [0.25, 0.3) is 5.56 Å². The Kier molecular flexibility index (Phi) is 5.81. The van der Waals surface area contributed by atoms with Crippen LogP contribution in [-0.4, -0.2) is 21.7 Å². The van der Waals surface area contributed by atoms with Gasteiger partial charge in [0.2, 0.25) is 5.91 Å². The van der Waals surface area contributed by atoms with Crippen LogP contribution in [0, 0.1) is 0 Å². The smallest absolute Gasteiger partial charge is 0.255 e. The molecule has 0 saturated heterocycles. The van der Waals surface area contributed by atoms with Crippen LogP contribution in [0.4, 0.5) is 5.69 Å². The molecule has 1 aromatic carbocycles. The number of amides is 1. The van der Waals surface area contributed by atoms with Crippen molar-refractivity contribution in [3.63, 3.8) is 0 Å². The summed E-state index contributed by atoms with van der Waals surface area (Å²) in [7, 11) is 0. The third kappa shape index (κ3) is 4.00. The average Bonchev–Trinajstić information content (AvgIpc) is 2.80. The van der Waals surface area contributed by atoms with E-state index in [0.29, 0.717) is 12.1 Å². The summed E-state index contributed by atoms with van der Waals surface area (Å²) in [6.07, 6.45) is 10.9. The van der Waals surface area contributed by atoms with Crippen LogP contribution in [0.3, 0.4) is 0 Å². The molecule has 1 amide bonds. The monoisotopic (exact) mass is 425 g/mol. The van der Waals surface area contributed by atoms with Gasteiger partial charge in [0.05, 0.1) is 16.7 Å². The van der Waals surface area contributed by atoms with Crippen LogP contribution in [0.5, 0.6) is 0 Å². The maximum absolute atomic E-state index is 13.1. The molecule has 0 unspecified atom stereocenters. The lowest BCUT2D eigenvalue weighted by Crippen LogP contribution is -2.25. The summed E-state index contributed by atoms with van der Waals surface area (Å²) >= 11 is 0. The number of rotatable bonds is 5. The number of hydrogen-bond acceptors (Lipinski definition) is 5. The van der Waals surface area contributed by atoms with Gasteiger partial charge in [0.15, 0.2) is 0 Å². The minimum Gasteiger partial charge on any atom is -0.405 e. The van der Waals surface area contributed by atoms with E-state index in [2.05, 4.69) is 21.9 Å². The van der Waals surface area contributed by atoms with Gasteiger partial charge in [-0.3, -0.25) is 24.1 Å². The number of nitrogens with one attached hydrogen (secondary N) is 1. The lowest BCUT2D eigenvalue weighted by atomic mass is 10.00. The zero-order valence-electron chi connectivity index (χ0n) is 17.7. The number of allylic oxidation sites excluding steroid dienone is 4. The van der Waals surface area contributed by atoms with Gasteiger partial charge in [-0.2, -0.15) is 0 Å². The quantitative estimate of drug-likeness (QED) is 0.367. The molecule has 2 aromatic heterocycles. The van der Waals surface area contributed by atoms with E-state index in [1.165, 1.54) is 18.3 Å². The van der Waals surface area contributed by atoms with Gasteiger partial charge in [-0.1, -0.05) is 6.58 Å². The van der Waals surface area contributed by atoms with Gasteiger partial charge >= 0.3 is 0 Å². The van der Waals surface area contributed by atoms with Crippen LogP contribution in [0.25, 0.3) is 27.5 Å². The van der Waals surface area contributed by atoms with Crippen molar-refractivity contribution in [3.8, 4) is 0 Å². The lowest BCUT2D eigenvalue weighted by Gasteiger charge is -2.21. The summed E-state index contributed by atoms with van der Waals surface area (Å²) in [5.41, 5.74) is 10.0. The van der Waals surface area contributed by atoms with Crippen LogP contribution < -0.4 is 16.6 Å². The number of carbonyl (C=O) groups excluding carboxylic acids is 1. The SMILES string of the molecule is C=CC(=O)NC1=C(C)CCC(n2c(=O)ccc3cnc4ccc(N=CC=CN)cc4c32)=C1. The Morgan fingerprint density at radius 3 is 2.91 bits per heavy atom. The molecule has 0 aliphatic heterocycles. The van der Waals surface area contributed by atoms with Crippen LogP contribution in [0.15, 0.2) is 88.6 Å². The first-order chi connectivity index (χ1) is 15.5. The van der Waals surface area contributed by atoms with Crippen molar-refractivity contribution in [2.75, 3.05) is 0 Å². The van der Waals surface area contributed by atoms with E-state index in [9.17, 15) is 9.59 Å². The number of pyridine rings is 2. The average molecular weight is 425 g/mol. The largest absolute Gasteiger partial charge is 0.405 e. The normalized spacial score (nSPS) is 14.5. The molecule has 0 saturated carbocycles. The molecular formula is C25H23N5O2. The summed E-state index contributed by atoms with van der Waals surface area (Å²) in [4.78, 5) is 33.9. The number of aliphatic imine (C=N–C) groups is 1. The van der Waals surface area contributed by atoms with Crippen LogP contribution in [0.1, 0.15) is 19.8 Å². The Bertz CT molecular complexity index is 1420. The zero-order chi connectivity index (χ0) is 22.7. The van der Waals surface area contributed by atoms with Crippen LogP contribution in [0.2, 0.25) is 0 Å². The van der Waals surface area contributed by atoms with Crippen LogP contribution >= 0.6 is 0 Å². The molecule has 0 fully saturated rings. The van der Waals surface area contributed by atoms with Gasteiger partial charge in [0, 0.05) is 40.6 Å². The van der Waals surface area contributed by atoms with E-state index in [0.717, 1.165) is 45.2 Å². The van der Waals surface area contributed by atoms with E-state index < -0.39 is 0 Å². The highest BCUT2D eigenvalue weighted by Gasteiger charge is 2.17. The molecule has 2 heterocycles. The van der Waals surface area contributed by atoms with Crippen molar-refractivity contribution in [2.45, 2.75) is 19.8 Å². The van der Waals surface area contributed by atoms with E-state index in [1.54, 1.807) is 29.1 Å². The van der Waals surface area contributed by atoms with Crippen molar-refractivity contribution in [1.29, 1.82) is 0 Å². The van der Waals surface area contributed by atoms with Crippen molar-refractivity contribution in [2.24, 2.45) is 10.7 Å². The molecule has 7 nitrogen and oxygen atoms in total. The van der Waals surface area contributed by atoms with Crippen molar-refractivity contribution < 1.29 is 4.79 Å². The van der Waals surface area contributed by atoms with Crippen molar-refractivity contribution in [1.82, 2.24) is 14.9 Å². The number of fused-ring (bicyclic) bond motifs is 3. The first-order valence-corrected chi connectivity index (χ1v) is 10.2. The topological polar surface area (TPSA) is 102 Å². The second-order valence-electron chi connectivity index (χ2n) is 7.46. The molecule has 0 atom stereocenters. The highest BCUT2D eigenvalue weighted by Crippen LogP contribution is 2.31. The molecule has 1 aliphatic rings. The van der Waals surface area contributed by atoms with E-state index in [1.807, 2.05) is 31.2 Å². The summed E-state index contributed by atoms with van der Waals surface area (Å²) in [5.74, 6) is -0.286. The fourth-order valence-corrected chi connectivity index (χ4v) is 3.76. The second kappa shape index (κ2) is 8.85. The summed E-state index contributed by atoms with van der Waals surface area (Å²) in [6, 6.07) is 8.97. The minimum atomic E-state index is -0.286.